The van der Waals surface area contributed by atoms with Gasteiger partial charge >= 0.3 is 0 Å². The lowest BCUT2D eigenvalue weighted by Gasteiger charge is -2.00. The smallest absolute Gasteiger partial charge is 0.0869 e. The minimum Gasteiger partial charge on any atom is -0.391 e. The molecule has 0 aliphatic heterocycles. The third kappa shape index (κ3) is 1.27. The van der Waals surface area contributed by atoms with E-state index in [4.69, 9.17) is 11.5 Å². The van der Waals surface area contributed by atoms with E-state index in [0.29, 0.717) is 0 Å². The highest BCUT2D eigenvalue weighted by Gasteiger charge is 2.08. The molecular weight excluding hydrogens is 260 g/mol. The lowest BCUT2D eigenvalue weighted by atomic mass is 10.1. The molecule has 2 aromatic heterocycles. The summed E-state index contributed by atoms with van der Waals surface area (Å²) in [5, 5.41) is 6.70. The third-order valence-electron chi connectivity index (χ3n) is 3.20. The van der Waals surface area contributed by atoms with Gasteiger partial charge in [-0.2, -0.15) is 0 Å². The quantitative estimate of drug-likeness (QED) is 0.496. The molecule has 2 aromatic carbocycles. The molecular formula is C14H10N2S2. The Kier molecular flexibility index (Phi) is 1.90. The fourth-order valence-electron chi connectivity index (χ4n) is 2.44. The summed E-state index contributed by atoms with van der Waals surface area (Å²) >= 11 is 3.30. The Balaban J connectivity index is 2.29. The van der Waals surface area contributed by atoms with Crippen molar-refractivity contribution >= 4 is 63.6 Å². The van der Waals surface area contributed by atoms with Gasteiger partial charge in [-0.05, 0) is 22.9 Å². The molecule has 88 valence electrons. The van der Waals surface area contributed by atoms with Crippen LogP contribution in [0.25, 0.3) is 30.9 Å². The Bertz CT molecular complexity index is 826. The number of nitrogens with two attached hydrogens (primary N) is 2. The highest BCUT2D eigenvalue weighted by molar-refractivity contribution is 7.24. The van der Waals surface area contributed by atoms with Crippen molar-refractivity contribution in [1.82, 2.24) is 0 Å². The molecule has 4 heteroatoms. The number of nitrogen functional groups attached to an aromatic ring is 2. The second-order valence-electron chi connectivity index (χ2n) is 4.36. The zero-order valence-corrected chi connectivity index (χ0v) is 11.1. The van der Waals surface area contributed by atoms with Gasteiger partial charge in [-0.3, -0.25) is 0 Å². The second kappa shape index (κ2) is 3.37. The number of hydrogen-bond donors (Lipinski definition) is 2. The van der Waals surface area contributed by atoms with Crippen molar-refractivity contribution in [2.45, 2.75) is 0 Å². The van der Waals surface area contributed by atoms with E-state index in [1.807, 2.05) is 12.1 Å². The number of thiophene rings is 2. The van der Waals surface area contributed by atoms with Gasteiger partial charge in [0.25, 0.3) is 0 Å². The minimum atomic E-state index is 0.864. The first-order chi connectivity index (χ1) is 8.72. The lowest BCUT2D eigenvalue weighted by molar-refractivity contribution is 1.91. The van der Waals surface area contributed by atoms with Crippen molar-refractivity contribution in [1.29, 1.82) is 0 Å². The Labute approximate surface area is 111 Å². The summed E-state index contributed by atoms with van der Waals surface area (Å²) in [5.74, 6) is 0. The first kappa shape index (κ1) is 10.2. The number of hydrogen-bond acceptors (Lipinski definition) is 4. The molecule has 0 atom stereocenters. The summed E-state index contributed by atoms with van der Waals surface area (Å²) in [6.07, 6.45) is 0. The fraction of sp³-hybridized carbons (Fsp3) is 0. The predicted molar refractivity (Wildman–Crippen MR) is 83.5 cm³/mol. The van der Waals surface area contributed by atoms with Gasteiger partial charge in [0.05, 0.1) is 10.0 Å². The van der Waals surface area contributed by atoms with Gasteiger partial charge < -0.3 is 11.5 Å². The fourth-order valence-corrected chi connectivity index (χ4v) is 4.35. The second-order valence-corrected chi connectivity index (χ2v) is 6.53. The number of rotatable bonds is 0. The topological polar surface area (TPSA) is 52.0 Å². The largest absolute Gasteiger partial charge is 0.391 e. The lowest BCUT2D eigenvalue weighted by Crippen LogP contribution is -1.73. The molecule has 0 saturated heterocycles. The maximum atomic E-state index is 5.90. The van der Waals surface area contributed by atoms with E-state index >= 15 is 0 Å². The zero-order valence-electron chi connectivity index (χ0n) is 9.44. The molecule has 0 radical (unpaired) electrons. The first-order valence-electron chi connectivity index (χ1n) is 5.62. The number of anilines is 2. The highest BCUT2D eigenvalue weighted by atomic mass is 32.1. The van der Waals surface area contributed by atoms with Crippen molar-refractivity contribution in [3.05, 3.63) is 36.4 Å². The SMILES string of the molecule is Nc1cc2ccc3c(ccc4cc(N)sc43)c2s1. The maximum absolute atomic E-state index is 5.90. The maximum Gasteiger partial charge on any atom is 0.0869 e. The summed E-state index contributed by atoms with van der Waals surface area (Å²) in [6.45, 7) is 0. The van der Waals surface area contributed by atoms with Crippen molar-refractivity contribution in [3.8, 4) is 0 Å². The van der Waals surface area contributed by atoms with E-state index in [2.05, 4.69) is 24.3 Å². The van der Waals surface area contributed by atoms with E-state index in [1.165, 1.54) is 30.9 Å². The molecule has 4 N–H and O–H groups in total. The summed E-state index contributed by atoms with van der Waals surface area (Å²) in [4.78, 5) is 0. The van der Waals surface area contributed by atoms with E-state index in [9.17, 15) is 0 Å². The molecule has 0 aliphatic rings. The molecule has 18 heavy (non-hydrogen) atoms. The molecule has 2 nitrogen and oxygen atoms in total. The van der Waals surface area contributed by atoms with Gasteiger partial charge in [0.2, 0.25) is 0 Å². The van der Waals surface area contributed by atoms with Crippen LogP contribution in [0.15, 0.2) is 36.4 Å². The van der Waals surface area contributed by atoms with E-state index in [-0.39, 0.29) is 0 Å². The predicted octanol–water partition coefficient (Wildman–Crippen LogP) is 4.43. The summed E-state index contributed by atoms with van der Waals surface area (Å²) in [6, 6.07) is 12.7. The molecule has 0 unspecified atom stereocenters. The van der Waals surface area contributed by atoms with Crippen molar-refractivity contribution < 1.29 is 0 Å². The van der Waals surface area contributed by atoms with Gasteiger partial charge in [0.1, 0.15) is 0 Å². The Morgan fingerprint density at radius 2 is 1.11 bits per heavy atom. The van der Waals surface area contributed by atoms with Crippen LogP contribution < -0.4 is 11.5 Å². The van der Waals surface area contributed by atoms with Gasteiger partial charge in [-0.25, -0.2) is 0 Å². The normalized spacial score (nSPS) is 11.8. The molecule has 2 heterocycles. The Morgan fingerprint density at radius 1 is 0.667 bits per heavy atom. The summed E-state index contributed by atoms with van der Waals surface area (Å²) in [5.41, 5.74) is 11.8. The standard InChI is InChI=1S/C14H10N2S2/c15-11-5-7-1-3-9-10(13(7)17-11)4-2-8-6-12(16)18-14(8)9/h1-6H,15-16H2. The van der Waals surface area contributed by atoms with E-state index in [1.54, 1.807) is 22.7 Å². The third-order valence-corrected chi connectivity index (χ3v) is 5.22. The van der Waals surface area contributed by atoms with Crippen LogP contribution in [0.4, 0.5) is 10.0 Å². The van der Waals surface area contributed by atoms with E-state index < -0.39 is 0 Å². The molecule has 4 aromatic rings. The van der Waals surface area contributed by atoms with Crippen LogP contribution in [-0.4, -0.2) is 0 Å². The molecule has 0 bridgehead atoms. The zero-order chi connectivity index (χ0) is 12.3. The minimum absolute atomic E-state index is 0.864. The van der Waals surface area contributed by atoms with Crippen molar-refractivity contribution in [3.63, 3.8) is 0 Å². The number of fused-ring (bicyclic) bond motifs is 5. The molecule has 0 fully saturated rings. The van der Waals surface area contributed by atoms with Crippen LogP contribution in [0, 0.1) is 0 Å². The van der Waals surface area contributed by atoms with Crippen LogP contribution in [-0.2, 0) is 0 Å². The van der Waals surface area contributed by atoms with Crippen molar-refractivity contribution in [2.75, 3.05) is 11.5 Å². The van der Waals surface area contributed by atoms with Crippen molar-refractivity contribution in [2.24, 2.45) is 0 Å². The molecule has 0 amide bonds. The Morgan fingerprint density at radius 3 is 1.56 bits per heavy atom. The van der Waals surface area contributed by atoms with E-state index in [0.717, 1.165) is 10.0 Å². The van der Waals surface area contributed by atoms with Crippen LogP contribution in [0.5, 0.6) is 0 Å². The van der Waals surface area contributed by atoms with Gasteiger partial charge in [0.15, 0.2) is 0 Å². The molecule has 0 saturated carbocycles. The van der Waals surface area contributed by atoms with Gasteiger partial charge in [-0.15, -0.1) is 22.7 Å². The van der Waals surface area contributed by atoms with Crippen LogP contribution in [0.3, 0.4) is 0 Å². The van der Waals surface area contributed by atoms with Gasteiger partial charge in [-0.1, -0.05) is 24.3 Å². The summed E-state index contributed by atoms with van der Waals surface area (Å²) < 4.78 is 2.53. The molecule has 0 spiro atoms. The monoisotopic (exact) mass is 270 g/mol. The summed E-state index contributed by atoms with van der Waals surface area (Å²) in [7, 11) is 0. The molecule has 0 aliphatic carbocycles. The Hall–Kier alpha value is -1.78. The number of benzene rings is 2. The average Bonchev–Trinajstić information content (AvgIpc) is 2.89. The highest BCUT2D eigenvalue weighted by Crippen LogP contribution is 2.39. The molecule has 4 rings (SSSR count). The van der Waals surface area contributed by atoms with Crippen LogP contribution in [0.2, 0.25) is 0 Å². The average molecular weight is 270 g/mol. The van der Waals surface area contributed by atoms with Crippen LogP contribution >= 0.6 is 22.7 Å². The van der Waals surface area contributed by atoms with Gasteiger partial charge in [0, 0.05) is 20.2 Å². The van der Waals surface area contributed by atoms with Crippen LogP contribution in [0.1, 0.15) is 0 Å². The first-order valence-corrected chi connectivity index (χ1v) is 7.25.